The standard InChI is InChI=1S/C20H24O3/c1-2-20(12-10-17(21)11-13-20)19(22)23-14-16-8-5-7-15-6-3-4-9-18(15)16/h3-9,17,21H,2,10-14H2,1H3. The molecule has 1 saturated carbocycles. The van der Waals surface area contributed by atoms with Crippen molar-refractivity contribution in [1.82, 2.24) is 0 Å². The van der Waals surface area contributed by atoms with Crippen molar-refractivity contribution < 1.29 is 14.6 Å². The number of fused-ring (bicyclic) bond motifs is 1. The molecule has 1 fully saturated rings. The molecule has 0 amide bonds. The molecule has 0 radical (unpaired) electrons. The Morgan fingerprint density at radius 3 is 2.61 bits per heavy atom. The lowest BCUT2D eigenvalue weighted by molar-refractivity contribution is -0.161. The molecule has 0 aromatic heterocycles. The average molecular weight is 312 g/mol. The van der Waals surface area contributed by atoms with E-state index in [0.717, 1.165) is 35.6 Å². The third-order valence-electron chi connectivity index (χ3n) is 5.26. The van der Waals surface area contributed by atoms with Crippen LogP contribution in [0.3, 0.4) is 0 Å². The lowest BCUT2D eigenvalue weighted by Gasteiger charge is -2.35. The quantitative estimate of drug-likeness (QED) is 0.860. The van der Waals surface area contributed by atoms with Crippen LogP contribution >= 0.6 is 0 Å². The number of carbonyl (C=O) groups is 1. The fraction of sp³-hybridized carbons (Fsp3) is 0.450. The van der Waals surface area contributed by atoms with E-state index in [0.29, 0.717) is 19.4 Å². The largest absolute Gasteiger partial charge is 0.460 e. The van der Waals surface area contributed by atoms with Crippen LogP contribution in [0.5, 0.6) is 0 Å². The first-order valence-electron chi connectivity index (χ1n) is 8.46. The van der Waals surface area contributed by atoms with Gasteiger partial charge in [-0.05, 0) is 48.4 Å². The number of esters is 1. The van der Waals surface area contributed by atoms with Crippen LogP contribution in [0.2, 0.25) is 0 Å². The molecule has 0 saturated heterocycles. The van der Waals surface area contributed by atoms with Crippen molar-refractivity contribution in [2.24, 2.45) is 5.41 Å². The number of aliphatic hydroxyl groups excluding tert-OH is 1. The SMILES string of the molecule is CCC1(C(=O)OCc2cccc3ccccc23)CCC(O)CC1. The summed E-state index contributed by atoms with van der Waals surface area (Å²) in [6.07, 6.45) is 3.33. The van der Waals surface area contributed by atoms with Crippen molar-refractivity contribution in [3.05, 3.63) is 48.0 Å². The first-order chi connectivity index (χ1) is 11.1. The molecular weight excluding hydrogens is 288 g/mol. The summed E-state index contributed by atoms with van der Waals surface area (Å²) in [6, 6.07) is 14.2. The van der Waals surface area contributed by atoms with Crippen LogP contribution in [-0.2, 0) is 16.1 Å². The van der Waals surface area contributed by atoms with E-state index in [1.54, 1.807) is 0 Å². The molecule has 2 aromatic rings. The minimum Gasteiger partial charge on any atom is -0.460 e. The molecule has 2 aromatic carbocycles. The van der Waals surface area contributed by atoms with E-state index in [1.807, 2.05) is 31.2 Å². The Morgan fingerprint density at radius 1 is 1.17 bits per heavy atom. The zero-order valence-electron chi connectivity index (χ0n) is 13.6. The van der Waals surface area contributed by atoms with E-state index in [-0.39, 0.29) is 12.1 Å². The predicted molar refractivity (Wildman–Crippen MR) is 90.9 cm³/mol. The van der Waals surface area contributed by atoms with Gasteiger partial charge in [-0.1, -0.05) is 49.4 Å². The summed E-state index contributed by atoms with van der Waals surface area (Å²) in [5.41, 5.74) is 0.627. The first-order valence-corrected chi connectivity index (χ1v) is 8.46. The minimum atomic E-state index is -0.413. The lowest BCUT2D eigenvalue weighted by atomic mass is 9.71. The maximum Gasteiger partial charge on any atom is 0.312 e. The van der Waals surface area contributed by atoms with Gasteiger partial charge in [0.05, 0.1) is 11.5 Å². The Hall–Kier alpha value is -1.87. The molecule has 1 aliphatic carbocycles. The number of rotatable bonds is 4. The summed E-state index contributed by atoms with van der Waals surface area (Å²) in [6.45, 7) is 2.35. The highest BCUT2D eigenvalue weighted by Crippen LogP contribution is 2.40. The summed E-state index contributed by atoms with van der Waals surface area (Å²) in [7, 11) is 0. The summed E-state index contributed by atoms with van der Waals surface area (Å²) in [5, 5.41) is 12.0. The van der Waals surface area contributed by atoms with E-state index >= 15 is 0 Å². The Morgan fingerprint density at radius 2 is 1.87 bits per heavy atom. The smallest absolute Gasteiger partial charge is 0.312 e. The van der Waals surface area contributed by atoms with Crippen molar-refractivity contribution in [3.8, 4) is 0 Å². The molecule has 23 heavy (non-hydrogen) atoms. The molecule has 0 atom stereocenters. The zero-order chi connectivity index (χ0) is 16.3. The highest BCUT2D eigenvalue weighted by atomic mass is 16.5. The number of aliphatic hydroxyl groups is 1. The first kappa shape index (κ1) is 16.0. The van der Waals surface area contributed by atoms with Gasteiger partial charge in [-0.3, -0.25) is 4.79 Å². The number of hydrogen-bond donors (Lipinski definition) is 1. The second-order valence-corrected chi connectivity index (χ2v) is 6.58. The van der Waals surface area contributed by atoms with Gasteiger partial charge in [-0.2, -0.15) is 0 Å². The second-order valence-electron chi connectivity index (χ2n) is 6.58. The Balaban J connectivity index is 1.73. The molecular formula is C20H24O3. The number of carbonyl (C=O) groups excluding carboxylic acids is 1. The van der Waals surface area contributed by atoms with Crippen molar-refractivity contribution in [3.63, 3.8) is 0 Å². The van der Waals surface area contributed by atoms with Crippen LogP contribution in [0, 0.1) is 5.41 Å². The topological polar surface area (TPSA) is 46.5 Å². The highest BCUT2D eigenvalue weighted by molar-refractivity contribution is 5.86. The summed E-state index contributed by atoms with van der Waals surface area (Å²) >= 11 is 0. The maximum absolute atomic E-state index is 12.7. The van der Waals surface area contributed by atoms with Crippen LogP contribution < -0.4 is 0 Å². The molecule has 0 aliphatic heterocycles. The van der Waals surface area contributed by atoms with E-state index in [4.69, 9.17) is 4.74 Å². The number of benzene rings is 2. The summed E-state index contributed by atoms with van der Waals surface area (Å²) < 4.78 is 5.68. The fourth-order valence-corrected chi connectivity index (χ4v) is 3.57. The number of ether oxygens (including phenoxy) is 1. The van der Waals surface area contributed by atoms with Gasteiger partial charge in [-0.25, -0.2) is 0 Å². The molecule has 0 bridgehead atoms. The van der Waals surface area contributed by atoms with Crippen molar-refractivity contribution in [2.45, 2.75) is 51.7 Å². The average Bonchev–Trinajstić information content (AvgIpc) is 2.60. The van der Waals surface area contributed by atoms with E-state index in [2.05, 4.69) is 18.2 Å². The van der Waals surface area contributed by atoms with Gasteiger partial charge < -0.3 is 9.84 Å². The van der Waals surface area contributed by atoms with Gasteiger partial charge in [0, 0.05) is 0 Å². The van der Waals surface area contributed by atoms with Gasteiger partial charge in [0.15, 0.2) is 0 Å². The molecule has 1 N–H and O–H groups in total. The Kier molecular flexibility index (Phi) is 4.67. The molecule has 0 unspecified atom stereocenters. The van der Waals surface area contributed by atoms with Gasteiger partial charge in [0.2, 0.25) is 0 Å². The van der Waals surface area contributed by atoms with Crippen molar-refractivity contribution in [2.75, 3.05) is 0 Å². The lowest BCUT2D eigenvalue weighted by Crippen LogP contribution is -2.37. The maximum atomic E-state index is 12.7. The van der Waals surface area contributed by atoms with Gasteiger partial charge in [0.25, 0.3) is 0 Å². The molecule has 1 aliphatic rings. The van der Waals surface area contributed by atoms with Crippen molar-refractivity contribution in [1.29, 1.82) is 0 Å². The molecule has 3 rings (SSSR count). The summed E-state index contributed by atoms with van der Waals surface area (Å²) in [4.78, 5) is 12.7. The minimum absolute atomic E-state index is 0.111. The highest BCUT2D eigenvalue weighted by Gasteiger charge is 2.41. The monoisotopic (exact) mass is 312 g/mol. The normalized spacial score (nSPS) is 24.5. The Labute approximate surface area is 137 Å². The van der Waals surface area contributed by atoms with E-state index < -0.39 is 5.41 Å². The van der Waals surface area contributed by atoms with Gasteiger partial charge >= 0.3 is 5.97 Å². The summed E-state index contributed by atoms with van der Waals surface area (Å²) in [5.74, 6) is -0.111. The predicted octanol–water partition coefficient (Wildman–Crippen LogP) is 4.21. The molecule has 0 spiro atoms. The fourth-order valence-electron chi connectivity index (χ4n) is 3.57. The third-order valence-corrected chi connectivity index (χ3v) is 5.26. The second kappa shape index (κ2) is 6.71. The molecule has 0 heterocycles. The van der Waals surface area contributed by atoms with Crippen molar-refractivity contribution >= 4 is 16.7 Å². The van der Waals surface area contributed by atoms with Gasteiger partial charge in [0.1, 0.15) is 6.61 Å². The van der Waals surface area contributed by atoms with Gasteiger partial charge in [-0.15, -0.1) is 0 Å². The van der Waals surface area contributed by atoms with Crippen LogP contribution in [0.25, 0.3) is 10.8 Å². The molecule has 3 nitrogen and oxygen atoms in total. The third kappa shape index (κ3) is 3.25. The van der Waals surface area contributed by atoms with Crippen LogP contribution in [0.1, 0.15) is 44.6 Å². The van der Waals surface area contributed by atoms with E-state index in [9.17, 15) is 9.90 Å². The zero-order valence-corrected chi connectivity index (χ0v) is 13.6. The van der Waals surface area contributed by atoms with E-state index in [1.165, 1.54) is 0 Å². The van der Waals surface area contributed by atoms with Crippen LogP contribution in [0.4, 0.5) is 0 Å². The molecule has 3 heteroatoms. The van der Waals surface area contributed by atoms with Crippen LogP contribution in [-0.4, -0.2) is 17.2 Å². The van der Waals surface area contributed by atoms with Crippen LogP contribution in [0.15, 0.2) is 42.5 Å². The Bertz CT molecular complexity index is 679. The molecule has 122 valence electrons. The number of hydrogen-bond acceptors (Lipinski definition) is 3.